The zero-order valence-electron chi connectivity index (χ0n) is 16.0. The molecular formula is C20H28N2O5. The standard InChI is InChI=1S/C20H28N2O5/c1-26-15-5-6-16(17(13-15)27-2)18(20(24)25)21-11-7-14(8-12-21)19(23)22-9-3-4-10-22/h5-6,13-14,18H,3-4,7-12H2,1-2H3,(H,24,25)/t18-/m1/s1. The van der Waals surface area contributed by atoms with Crippen LogP contribution < -0.4 is 9.47 Å². The van der Waals surface area contributed by atoms with Gasteiger partial charge in [0.25, 0.3) is 0 Å². The highest BCUT2D eigenvalue weighted by Crippen LogP contribution is 2.35. The summed E-state index contributed by atoms with van der Waals surface area (Å²) in [7, 11) is 3.09. The molecule has 2 aliphatic rings. The minimum absolute atomic E-state index is 0.00607. The minimum Gasteiger partial charge on any atom is -0.497 e. The normalized spacial score (nSPS) is 19.7. The van der Waals surface area contributed by atoms with Gasteiger partial charge in [0.1, 0.15) is 17.5 Å². The van der Waals surface area contributed by atoms with Crippen molar-refractivity contribution in [2.75, 3.05) is 40.4 Å². The van der Waals surface area contributed by atoms with E-state index in [4.69, 9.17) is 9.47 Å². The lowest BCUT2D eigenvalue weighted by atomic mass is 9.92. The van der Waals surface area contributed by atoms with Gasteiger partial charge in [-0.3, -0.25) is 14.5 Å². The van der Waals surface area contributed by atoms with Crippen molar-refractivity contribution in [2.24, 2.45) is 5.92 Å². The second kappa shape index (κ2) is 8.61. The highest BCUT2D eigenvalue weighted by atomic mass is 16.5. The quantitative estimate of drug-likeness (QED) is 0.820. The van der Waals surface area contributed by atoms with Crippen molar-refractivity contribution in [2.45, 2.75) is 31.7 Å². The Labute approximate surface area is 159 Å². The zero-order valence-corrected chi connectivity index (χ0v) is 16.0. The van der Waals surface area contributed by atoms with E-state index in [1.165, 1.54) is 7.11 Å². The Balaban J connectivity index is 1.72. The number of amides is 1. The molecule has 1 N–H and O–H groups in total. The van der Waals surface area contributed by atoms with E-state index in [1.807, 2.05) is 9.80 Å². The average molecular weight is 376 g/mol. The predicted molar refractivity (Wildman–Crippen MR) is 100 cm³/mol. The molecule has 27 heavy (non-hydrogen) atoms. The number of carbonyl (C=O) groups excluding carboxylic acids is 1. The molecule has 0 radical (unpaired) electrons. The van der Waals surface area contributed by atoms with Crippen molar-refractivity contribution in [1.82, 2.24) is 9.80 Å². The molecular weight excluding hydrogens is 348 g/mol. The van der Waals surface area contributed by atoms with Gasteiger partial charge >= 0.3 is 5.97 Å². The summed E-state index contributed by atoms with van der Waals surface area (Å²) in [5, 5.41) is 9.87. The van der Waals surface area contributed by atoms with Crippen LogP contribution in [0.4, 0.5) is 0 Å². The Morgan fingerprint density at radius 2 is 1.74 bits per heavy atom. The average Bonchev–Trinajstić information content (AvgIpc) is 3.23. The first-order valence-corrected chi connectivity index (χ1v) is 9.52. The Morgan fingerprint density at radius 3 is 2.30 bits per heavy atom. The van der Waals surface area contributed by atoms with Crippen molar-refractivity contribution in [1.29, 1.82) is 0 Å². The summed E-state index contributed by atoms with van der Waals surface area (Å²) < 4.78 is 10.6. The van der Waals surface area contributed by atoms with Crippen LogP contribution >= 0.6 is 0 Å². The molecule has 1 aromatic carbocycles. The molecule has 2 fully saturated rings. The minimum atomic E-state index is -0.914. The number of benzene rings is 1. The van der Waals surface area contributed by atoms with E-state index in [0.29, 0.717) is 43.0 Å². The van der Waals surface area contributed by atoms with Gasteiger partial charge in [0, 0.05) is 43.7 Å². The van der Waals surface area contributed by atoms with Gasteiger partial charge in [0.15, 0.2) is 0 Å². The summed E-state index contributed by atoms with van der Waals surface area (Å²) in [6, 6.07) is 4.40. The van der Waals surface area contributed by atoms with E-state index >= 15 is 0 Å². The van der Waals surface area contributed by atoms with Gasteiger partial charge in [0.05, 0.1) is 14.2 Å². The van der Waals surface area contributed by atoms with Crippen LogP contribution in [0.5, 0.6) is 11.5 Å². The second-order valence-electron chi connectivity index (χ2n) is 7.19. The molecule has 3 rings (SSSR count). The van der Waals surface area contributed by atoms with Gasteiger partial charge in [-0.1, -0.05) is 0 Å². The van der Waals surface area contributed by atoms with Crippen LogP contribution in [0.15, 0.2) is 18.2 Å². The fourth-order valence-electron chi connectivity index (χ4n) is 4.13. The number of carboxylic acids is 1. The molecule has 0 bridgehead atoms. The topological polar surface area (TPSA) is 79.3 Å². The van der Waals surface area contributed by atoms with Gasteiger partial charge in [-0.2, -0.15) is 0 Å². The molecule has 0 aromatic heterocycles. The first-order chi connectivity index (χ1) is 13.0. The molecule has 2 saturated heterocycles. The van der Waals surface area contributed by atoms with E-state index in [2.05, 4.69) is 0 Å². The SMILES string of the molecule is COc1ccc([C@H](C(=O)O)N2CCC(C(=O)N3CCCC3)CC2)c(OC)c1. The maximum absolute atomic E-state index is 12.6. The Kier molecular flexibility index (Phi) is 6.21. The lowest BCUT2D eigenvalue weighted by Gasteiger charge is -2.36. The summed E-state index contributed by atoms with van der Waals surface area (Å²) >= 11 is 0. The molecule has 148 valence electrons. The molecule has 2 aliphatic heterocycles. The van der Waals surface area contributed by atoms with Gasteiger partial charge in [-0.05, 0) is 37.8 Å². The first kappa shape index (κ1) is 19.5. The zero-order chi connectivity index (χ0) is 19.4. The van der Waals surface area contributed by atoms with Crippen LogP contribution in [0.2, 0.25) is 0 Å². The van der Waals surface area contributed by atoms with E-state index in [0.717, 1.165) is 25.9 Å². The maximum atomic E-state index is 12.6. The fourth-order valence-corrected chi connectivity index (χ4v) is 4.13. The Morgan fingerprint density at radius 1 is 1.07 bits per heavy atom. The third-order valence-electron chi connectivity index (χ3n) is 5.63. The van der Waals surface area contributed by atoms with Gasteiger partial charge in [0.2, 0.25) is 5.91 Å². The number of nitrogens with zero attached hydrogens (tertiary/aromatic N) is 2. The second-order valence-corrected chi connectivity index (χ2v) is 7.19. The van der Waals surface area contributed by atoms with Crippen LogP contribution in [0, 0.1) is 5.92 Å². The highest BCUT2D eigenvalue weighted by Gasteiger charge is 2.36. The molecule has 7 heteroatoms. The molecule has 0 saturated carbocycles. The van der Waals surface area contributed by atoms with Gasteiger partial charge in [-0.25, -0.2) is 0 Å². The van der Waals surface area contributed by atoms with E-state index in [-0.39, 0.29) is 11.8 Å². The monoisotopic (exact) mass is 376 g/mol. The van der Waals surface area contributed by atoms with Crippen LogP contribution in [0.25, 0.3) is 0 Å². The van der Waals surface area contributed by atoms with Crippen LogP contribution in [-0.2, 0) is 9.59 Å². The van der Waals surface area contributed by atoms with Crippen molar-refractivity contribution >= 4 is 11.9 Å². The lowest BCUT2D eigenvalue weighted by molar-refractivity contribution is -0.145. The third-order valence-corrected chi connectivity index (χ3v) is 5.63. The summed E-state index contributed by atoms with van der Waals surface area (Å²) in [6.07, 6.45) is 3.56. The summed E-state index contributed by atoms with van der Waals surface area (Å²) in [6.45, 7) is 2.88. The molecule has 2 heterocycles. The highest BCUT2D eigenvalue weighted by molar-refractivity contribution is 5.79. The van der Waals surface area contributed by atoms with E-state index < -0.39 is 12.0 Å². The molecule has 1 aromatic rings. The molecule has 1 atom stereocenters. The van der Waals surface area contributed by atoms with Crippen LogP contribution in [0.3, 0.4) is 0 Å². The number of carboxylic acid groups (broad SMARTS) is 1. The third kappa shape index (κ3) is 4.18. The summed E-state index contributed by atoms with van der Waals surface area (Å²) in [5.41, 5.74) is 0.607. The lowest BCUT2D eigenvalue weighted by Crippen LogP contribution is -2.44. The smallest absolute Gasteiger partial charge is 0.325 e. The number of methoxy groups -OCH3 is 2. The van der Waals surface area contributed by atoms with Gasteiger partial charge < -0.3 is 19.5 Å². The number of hydrogen-bond acceptors (Lipinski definition) is 5. The number of rotatable bonds is 6. The molecule has 1 amide bonds. The number of hydrogen-bond donors (Lipinski definition) is 1. The molecule has 0 aliphatic carbocycles. The molecule has 0 spiro atoms. The first-order valence-electron chi connectivity index (χ1n) is 9.52. The number of carbonyl (C=O) groups is 2. The Hall–Kier alpha value is -2.28. The van der Waals surface area contributed by atoms with Crippen molar-refractivity contribution < 1.29 is 24.2 Å². The Bertz CT molecular complexity index is 679. The number of likely N-dealkylation sites (tertiary alicyclic amines) is 2. The van der Waals surface area contributed by atoms with Crippen LogP contribution in [-0.4, -0.2) is 67.2 Å². The maximum Gasteiger partial charge on any atom is 0.325 e. The number of aliphatic carboxylic acids is 1. The van der Waals surface area contributed by atoms with E-state index in [1.54, 1.807) is 25.3 Å². The summed E-state index contributed by atoms with van der Waals surface area (Å²) in [5.74, 6) is 0.446. The van der Waals surface area contributed by atoms with Crippen LogP contribution in [0.1, 0.15) is 37.3 Å². The predicted octanol–water partition coefficient (Wildman–Crippen LogP) is 2.16. The largest absolute Gasteiger partial charge is 0.497 e. The van der Waals surface area contributed by atoms with Gasteiger partial charge in [-0.15, -0.1) is 0 Å². The summed E-state index contributed by atoms with van der Waals surface area (Å²) in [4.78, 5) is 28.5. The van der Waals surface area contributed by atoms with E-state index in [9.17, 15) is 14.7 Å². The number of piperidine rings is 1. The van der Waals surface area contributed by atoms with Crippen molar-refractivity contribution in [3.8, 4) is 11.5 Å². The van der Waals surface area contributed by atoms with Crippen molar-refractivity contribution in [3.05, 3.63) is 23.8 Å². The number of ether oxygens (including phenoxy) is 2. The molecule has 7 nitrogen and oxygen atoms in total. The van der Waals surface area contributed by atoms with Crippen molar-refractivity contribution in [3.63, 3.8) is 0 Å². The molecule has 0 unspecified atom stereocenters. The fraction of sp³-hybridized carbons (Fsp3) is 0.600.